The molecule has 0 bridgehead atoms. The molecule has 1 N–H and O–H groups in total. The van der Waals surface area contributed by atoms with Crippen molar-refractivity contribution in [1.82, 2.24) is 24.8 Å². The van der Waals surface area contributed by atoms with Crippen LogP contribution in [0.25, 0.3) is 0 Å². The molecule has 1 spiro atoms. The van der Waals surface area contributed by atoms with Crippen LogP contribution in [0.1, 0.15) is 32.5 Å². The van der Waals surface area contributed by atoms with Crippen LogP contribution in [-0.2, 0) is 21.7 Å². The fourth-order valence-corrected chi connectivity index (χ4v) is 3.83. The number of nitrogens with one attached hydrogen (secondary N) is 1. The Morgan fingerprint density at radius 2 is 2.04 bits per heavy atom. The van der Waals surface area contributed by atoms with E-state index in [2.05, 4.69) is 34.1 Å². The quantitative estimate of drug-likeness (QED) is 0.854. The van der Waals surface area contributed by atoms with Crippen molar-refractivity contribution in [1.29, 1.82) is 0 Å². The normalized spacial score (nSPS) is 21.0. The van der Waals surface area contributed by atoms with Gasteiger partial charge in [0.1, 0.15) is 11.4 Å². The van der Waals surface area contributed by atoms with Crippen LogP contribution in [0.15, 0.2) is 24.8 Å². The molecule has 0 saturated carbocycles. The van der Waals surface area contributed by atoms with Crippen molar-refractivity contribution in [2.45, 2.75) is 44.9 Å². The number of amides is 1. The van der Waals surface area contributed by atoms with Crippen LogP contribution in [0, 0.1) is 11.7 Å². The second-order valence-corrected chi connectivity index (χ2v) is 7.83. The van der Waals surface area contributed by atoms with Gasteiger partial charge in [0.2, 0.25) is 5.95 Å². The van der Waals surface area contributed by atoms with Crippen LogP contribution in [-0.4, -0.2) is 51.2 Å². The fraction of sp³-hybridized carbons (Fsp3) is 0.579. The molecule has 150 valence electrons. The molecule has 4 rings (SSSR count). The summed E-state index contributed by atoms with van der Waals surface area (Å²) >= 11 is 0. The molecule has 0 aromatic carbocycles. The van der Waals surface area contributed by atoms with E-state index in [9.17, 15) is 9.18 Å². The zero-order valence-electron chi connectivity index (χ0n) is 16.1. The number of halogens is 1. The van der Waals surface area contributed by atoms with E-state index in [1.807, 2.05) is 15.7 Å². The molecule has 2 aliphatic rings. The summed E-state index contributed by atoms with van der Waals surface area (Å²) in [6.07, 6.45) is 6.76. The van der Waals surface area contributed by atoms with Crippen molar-refractivity contribution in [2.75, 3.05) is 24.5 Å². The number of nitrogens with zero attached hydrogens (tertiary/aromatic N) is 5. The minimum absolute atomic E-state index is 0.0864. The number of anilines is 1. The molecule has 2 aromatic rings. The summed E-state index contributed by atoms with van der Waals surface area (Å²) < 4.78 is 21.5. The smallest absolute Gasteiger partial charge is 0.251 e. The highest BCUT2D eigenvalue weighted by atomic mass is 19.1. The second-order valence-electron chi connectivity index (χ2n) is 7.83. The first kappa shape index (κ1) is 18.8. The number of carbonyl (C=O) groups is 1. The van der Waals surface area contributed by atoms with Crippen LogP contribution in [0.3, 0.4) is 0 Å². The molecule has 1 saturated heterocycles. The van der Waals surface area contributed by atoms with Crippen molar-refractivity contribution in [2.24, 2.45) is 5.92 Å². The topological polar surface area (TPSA) is 85.2 Å². The molecule has 0 unspecified atom stereocenters. The minimum atomic E-state index is -0.613. The van der Waals surface area contributed by atoms with E-state index in [1.165, 1.54) is 12.4 Å². The maximum absolute atomic E-state index is 13.1. The maximum Gasteiger partial charge on any atom is 0.251 e. The van der Waals surface area contributed by atoms with Gasteiger partial charge in [-0.05, 0) is 5.92 Å². The second kappa shape index (κ2) is 7.46. The van der Waals surface area contributed by atoms with Gasteiger partial charge in [0.25, 0.3) is 5.91 Å². The first-order chi connectivity index (χ1) is 13.5. The highest BCUT2D eigenvalue weighted by molar-refractivity contribution is 5.80. The van der Waals surface area contributed by atoms with Crippen LogP contribution < -0.4 is 10.2 Å². The van der Waals surface area contributed by atoms with Crippen LogP contribution >= 0.6 is 0 Å². The predicted octanol–water partition coefficient (Wildman–Crippen LogP) is 1.48. The van der Waals surface area contributed by atoms with Gasteiger partial charge >= 0.3 is 0 Å². The Hall–Kier alpha value is -2.55. The summed E-state index contributed by atoms with van der Waals surface area (Å²) in [4.78, 5) is 27.3. The molecule has 9 heteroatoms. The number of imidazole rings is 1. The number of fused-ring (bicyclic) bond motifs is 2. The molecule has 1 atom stereocenters. The standard InChI is InChI=1S/C19H25FN6O2/c1-13(2)9-22-16(27)15-12-26-8-5-21-17(26)19(28-15)3-6-25(7-4-19)18-23-10-14(20)11-24-18/h5,8,10-11,13,15H,3-4,6-7,9,12H2,1-2H3,(H,22,27)/t15-/m0/s1. The van der Waals surface area contributed by atoms with Gasteiger partial charge in [0.05, 0.1) is 18.9 Å². The Bertz CT molecular complexity index is 829. The molecular formula is C19H25FN6O2. The fourth-order valence-electron chi connectivity index (χ4n) is 3.83. The lowest BCUT2D eigenvalue weighted by Gasteiger charge is -2.45. The lowest BCUT2D eigenvalue weighted by atomic mass is 9.88. The zero-order valence-corrected chi connectivity index (χ0v) is 16.1. The molecule has 28 heavy (non-hydrogen) atoms. The third-order valence-corrected chi connectivity index (χ3v) is 5.29. The number of rotatable bonds is 4. The lowest BCUT2D eigenvalue weighted by Crippen LogP contribution is -2.54. The monoisotopic (exact) mass is 388 g/mol. The third-order valence-electron chi connectivity index (χ3n) is 5.29. The average Bonchev–Trinajstić information content (AvgIpc) is 3.17. The first-order valence-corrected chi connectivity index (χ1v) is 9.66. The van der Waals surface area contributed by atoms with Crippen LogP contribution in [0.4, 0.5) is 10.3 Å². The lowest BCUT2D eigenvalue weighted by molar-refractivity contribution is -0.167. The van der Waals surface area contributed by atoms with Gasteiger partial charge in [0.15, 0.2) is 11.9 Å². The molecule has 8 nitrogen and oxygen atoms in total. The largest absolute Gasteiger partial charge is 0.354 e. The molecule has 4 heterocycles. The van der Waals surface area contributed by atoms with Crippen LogP contribution in [0.2, 0.25) is 0 Å². The summed E-state index contributed by atoms with van der Waals surface area (Å²) in [5.74, 6) is 1.20. The summed E-state index contributed by atoms with van der Waals surface area (Å²) in [6, 6.07) is 0. The Kier molecular flexibility index (Phi) is 5.01. The van der Waals surface area contributed by atoms with E-state index >= 15 is 0 Å². The Labute approximate surface area is 163 Å². The highest BCUT2D eigenvalue weighted by Gasteiger charge is 2.47. The van der Waals surface area contributed by atoms with E-state index in [0.717, 1.165) is 5.82 Å². The summed E-state index contributed by atoms with van der Waals surface area (Å²) in [7, 11) is 0. The number of ether oxygens (including phenoxy) is 1. The zero-order chi connectivity index (χ0) is 19.7. The maximum atomic E-state index is 13.1. The Morgan fingerprint density at radius 1 is 1.32 bits per heavy atom. The van der Waals surface area contributed by atoms with E-state index in [-0.39, 0.29) is 5.91 Å². The first-order valence-electron chi connectivity index (χ1n) is 9.66. The Morgan fingerprint density at radius 3 is 2.71 bits per heavy atom. The van der Waals surface area contributed by atoms with Gasteiger partial charge in [-0.2, -0.15) is 0 Å². The van der Waals surface area contributed by atoms with E-state index in [4.69, 9.17) is 4.74 Å². The predicted molar refractivity (Wildman–Crippen MR) is 100 cm³/mol. The van der Waals surface area contributed by atoms with Crippen molar-refractivity contribution in [3.05, 3.63) is 36.4 Å². The van der Waals surface area contributed by atoms with Gasteiger partial charge in [-0.1, -0.05) is 13.8 Å². The van der Waals surface area contributed by atoms with E-state index in [1.54, 1.807) is 6.20 Å². The van der Waals surface area contributed by atoms with Crippen molar-refractivity contribution in [3.8, 4) is 0 Å². The minimum Gasteiger partial charge on any atom is -0.354 e. The van der Waals surface area contributed by atoms with Crippen molar-refractivity contribution < 1.29 is 13.9 Å². The number of piperidine rings is 1. The molecule has 0 aliphatic carbocycles. The number of hydrogen-bond donors (Lipinski definition) is 1. The average molecular weight is 388 g/mol. The van der Waals surface area contributed by atoms with E-state index < -0.39 is 17.5 Å². The highest BCUT2D eigenvalue weighted by Crippen LogP contribution is 2.40. The summed E-state index contributed by atoms with van der Waals surface area (Å²) in [5, 5.41) is 2.97. The number of carbonyl (C=O) groups excluding carboxylic acids is 1. The van der Waals surface area contributed by atoms with Gasteiger partial charge in [-0.25, -0.2) is 19.3 Å². The van der Waals surface area contributed by atoms with Crippen molar-refractivity contribution in [3.63, 3.8) is 0 Å². The molecule has 2 aromatic heterocycles. The molecule has 1 fully saturated rings. The van der Waals surface area contributed by atoms with Gasteiger partial charge in [-0.3, -0.25) is 4.79 Å². The third kappa shape index (κ3) is 3.58. The summed E-state index contributed by atoms with van der Waals surface area (Å²) in [5.41, 5.74) is -0.613. The van der Waals surface area contributed by atoms with E-state index in [0.29, 0.717) is 50.9 Å². The van der Waals surface area contributed by atoms with Gasteiger partial charge in [0, 0.05) is 44.9 Å². The number of aromatic nitrogens is 4. The van der Waals surface area contributed by atoms with Crippen molar-refractivity contribution >= 4 is 11.9 Å². The SMILES string of the molecule is CC(C)CNC(=O)[C@@H]1Cn2ccnc2C2(CCN(c3ncc(F)cn3)CC2)O1. The molecule has 0 radical (unpaired) electrons. The molecule has 1 amide bonds. The Balaban J connectivity index is 1.50. The van der Waals surface area contributed by atoms with Gasteiger partial charge in [-0.15, -0.1) is 0 Å². The molecule has 2 aliphatic heterocycles. The summed E-state index contributed by atoms with van der Waals surface area (Å²) in [6.45, 7) is 6.48. The van der Waals surface area contributed by atoms with Crippen LogP contribution in [0.5, 0.6) is 0 Å². The molecular weight excluding hydrogens is 363 g/mol. The van der Waals surface area contributed by atoms with Gasteiger partial charge < -0.3 is 19.5 Å². The number of hydrogen-bond acceptors (Lipinski definition) is 6.